The van der Waals surface area contributed by atoms with Gasteiger partial charge in [-0.15, -0.1) is 24.5 Å². The van der Waals surface area contributed by atoms with E-state index in [4.69, 9.17) is 0 Å². The van der Waals surface area contributed by atoms with Gasteiger partial charge in [0.25, 0.3) is 5.91 Å². The molecule has 0 aliphatic heterocycles. The molecule has 1 amide bonds. The van der Waals surface area contributed by atoms with Crippen molar-refractivity contribution in [3.8, 4) is 17.0 Å². The van der Waals surface area contributed by atoms with E-state index in [2.05, 4.69) is 15.0 Å². The van der Waals surface area contributed by atoms with Crippen molar-refractivity contribution in [2.75, 3.05) is 5.32 Å². The maximum Gasteiger partial charge on any atom is 0.573 e. The Morgan fingerprint density at radius 3 is 2.62 bits per heavy atom. The summed E-state index contributed by atoms with van der Waals surface area (Å²) in [5.74, 6) is -0.995. The maximum atomic E-state index is 12.5. The summed E-state index contributed by atoms with van der Waals surface area (Å²) >= 11 is 1.48. The summed E-state index contributed by atoms with van der Waals surface area (Å²) in [5, 5.41) is 5.47. The monoisotopic (exact) mass is 378 g/mol. The number of alkyl halides is 3. The van der Waals surface area contributed by atoms with Crippen LogP contribution < -0.4 is 10.1 Å². The van der Waals surface area contributed by atoms with Gasteiger partial charge in [-0.25, -0.2) is 4.98 Å². The van der Waals surface area contributed by atoms with Gasteiger partial charge in [0.05, 0.1) is 16.4 Å². The van der Waals surface area contributed by atoms with Crippen molar-refractivity contribution in [1.29, 1.82) is 0 Å². The van der Waals surface area contributed by atoms with Crippen molar-refractivity contribution < 1.29 is 22.7 Å². The van der Waals surface area contributed by atoms with E-state index in [-0.39, 0.29) is 5.56 Å². The van der Waals surface area contributed by atoms with Crippen LogP contribution in [0.2, 0.25) is 0 Å². The number of hydrogen-bond donors (Lipinski definition) is 1. The minimum atomic E-state index is -4.82. The molecule has 26 heavy (non-hydrogen) atoms. The Labute approximate surface area is 151 Å². The lowest BCUT2D eigenvalue weighted by Crippen LogP contribution is -2.18. The topological polar surface area (TPSA) is 51.2 Å². The first kappa shape index (κ1) is 17.9. The highest BCUT2D eigenvalue weighted by atomic mass is 32.1. The number of anilines is 1. The number of amides is 1. The van der Waals surface area contributed by atoms with Crippen LogP contribution in [0.5, 0.6) is 5.75 Å². The Morgan fingerprint density at radius 2 is 1.92 bits per heavy atom. The Hall–Kier alpha value is -2.87. The molecule has 2 aromatic carbocycles. The smallest absolute Gasteiger partial charge is 0.406 e. The zero-order valence-corrected chi connectivity index (χ0v) is 14.3. The number of carbonyl (C=O) groups excluding carboxylic acids is 1. The van der Waals surface area contributed by atoms with Crippen molar-refractivity contribution in [2.24, 2.45) is 0 Å². The van der Waals surface area contributed by atoms with Gasteiger partial charge in [0, 0.05) is 16.5 Å². The average Bonchev–Trinajstić information content (AvgIpc) is 3.00. The zero-order chi connectivity index (χ0) is 18.7. The third-order valence-corrected chi connectivity index (χ3v) is 4.17. The fourth-order valence-electron chi connectivity index (χ4n) is 2.33. The second kappa shape index (κ2) is 7.17. The summed E-state index contributed by atoms with van der Waals surface area (Å²) in [7, 11) is 0. The lowest BCUT2D eigenvalue weighted by atomic mass is 10.1. The number of rotatable bonds is 4. The molecule has 0 atom stereocenters. The number of nitrogens with zero attached hydrogens (tertiary/aromatic N) is 1. The number of thiazole rings is 1. The fourth-order valence-corrected chi connectivity index (χ4v) is 2.94. The standard InChI is InChI=1S/C18H13F3N2O2S/c1-11-22-16(10-26-11)14-7-2-3-8-15(14)23-17(24)12-5-4-6-13(9-12)25-18(19,20)21/h2-10H,1H3,(H,23,24). The lowest BCUT2D eigenvalue weighted by Gasteiger charge is -2.12. The number of halogens is 3. The summed E-state index contributed by atoms with van der Waals surface area (Å²) in [6, 6.07) is 12.0. The first-order valence-corrected chi connectivity index (χ1v) is 8.38. The van der Waals surface area contributed by atoms with Gasteiger partial charge in [0.15, 0.2) is 0 Å². The number of nitrogens with one attached hydrogen (secondary N) is 1. The molecule has 1 N–H and O–H groups in total. The third kappa shape index (κ3) is 4.40. The van der Waals surface area contributed by atoms with Crippen LogP contribution in [0.1, 0.15) is 15.4 Å². The number of hydrogen-bond acceptors (Lipinski definition) is 4. The van der Waals surface area contributed by atoms with Crippen LogP contribution in [0.4, 0.5) is 18.9 Å². The summed E-state index contributed by atoms with van der Waals surface area (Å²) in [5.41, 5.74) is 2.02. The molecule has 0 bridgehead atoms. The molecule has 134 valence electrons. The van der Waals surface area contributed by atoms with Crippen LogP contribution in [0, 0.1) is 6.92 Å². The molecule has 0 saturated carbocycles. The number of aryl methyl sites for hydroxylation is 1. The van der Waals surface area contributed by atoms with E-state index in [9.17, 15) is 18.0 Å². The number of ether oxygens (including phenoxy) is 1. The van der Waals surface area contributed by atoms with Crippen LogP contribution in [0.3, 0.4) is 0 Å². The molecule has 0 saturated heterocycles. The molecule has 0 unspecified atom stereocenters. The van der Waals surface area contributed by atoms with Crippen molar-refractivity contribution in [2.45, 2.75) is 13.3 Å². The molecule has 3 aromatic rings. The summed E-state index contributed by atoms with van der Waals surface area (Å²) < 4.78 is 40.9. The minimum Gasteiger partial charge on any atom is -0.406 e. The molecule has 3 rings (SSSR count). The average molecular weight is 378 g/mol. The SMILES string of the molecule is Cc1nc(-c2ccccc2NC(=O)c2cccc(OC(F)(F)F)c2)cs1. The molecule has 8 heteroatoms. The van der Waals surface area contributed by atoms with Crippen LogP contribution in [0.25, 0.3) is 11.3 Å². The molecule has 0 fully saturated rings. The molecule has 4 nitrogen and oxygen atoms in total. The van der Waals surface area contributed by atoms with Crippen LogP contribution in [-0.4, -0.2) is 17.3 Å². The van der Waals surface area contributed by atoms with Gasteiger partial charge in [-0.2, -0.15) is 0 Å². The van der Waals surface area contributed by atoms with E-state index in [1.54, 1.807) is 12.1 Å². The molecule has 1 aromatic heterocycles. The van der Waals surface area contributed by atoms with E-state index in [0.717, 1.165) is 28.4 Å². The van der Waals surface area contributed by atoms with E-state index in [0.29, 0.717) is 5.69 Å². The Morgan fingerprint density at radius 1 is 1.15 bits per heavy atom. The lowest BCUT2D eigenvalue weighted by molar-refractivity contribution is -0.274. The van der Waals surface area contributed by atoms with Crippen molar-refractivity contribution in [1.82, 2.24) is 4.98 Å². The molecular formula is C18H13F3N2O2S. The number of para-hydroxylation sites is 1. The number of carbonyl (C=O) groups is 1. The quantitative estimate of drug-likeness (QED) is 0.673. The van der Waals surface area contributed by atoms with Gasteiger partial charge in [-0.3, -0.25) is 4.79 Å². The first-order chi connectivity index (χ1) is 12.3. The Kier molecular flexibility index (Phi) is 4.94. The summed E-state index contributed by atoms with van der Waals surface area (Å²) in [6.45, 7) is 1.88. The predicted molar refractivity (Wildman–Crippen MR) is 93.4 cm³/mol. The Bertz CT molecular complexity index is 938. The van der Waals surface area contributed by atoms with E-state index in [1.165, 1.54) is 23.5 Å². The van der Waals surface area contributed by atoms with E-state index >= 15 is 0 Å². The first-order valence-electron chi connectivity index (χ1n) is 7.50. The number of aromatic nitrogens is 1. The van der Waals surface area contributed by atoms with Gasteiger partial charge in [-0.1, -0.05) is 24.3 Å². The zero-order valence-electron chi connectivity index (χ0n) is 13.5. The predicted octanol–water partition coefficient (Wildman–Crippen LogP) is 5.27. The molecule has 1 heterocycles. The molecule has 0 spiro atoms. The number of benzene rings is 2. The van der Waals surface area contributed by atoms with Crippen LogP contribution in [0.15, 0.2) is 53.9 Å². The van der Waals surface area contributed by atoms with Gasteiger partial charge < -0.3 is 10.1 Å². The largest absolute Gasteiger partial charge is 0.573 e. The fraction of sp³-hybridized carbons (Fsp3) is 0.111. The van der Waals surface area contributed by atoms with Crippen LogP contribution in [-0.2, 0) is 0 Å². The van der Waals surface area contributed by atoms with E-state index < -0.39 is 18.0 Å². The van der Waals surface area contributed by atoms with Gasteiger partial charge in [-0.05, 0) is 31.2 Å². The second-order valence-electron chi connectivity index (χ2n) is 5.33. The molecular weight excluding hydrogens is 365 g/mol. The van der Waals surface area contributed by atoms with E-state index in [1.807, 2.05) is 24.4 Å². The highest BCUT2D eigenvalue weighted by molar-refractivity contribution is 7.09. The van der Waals surface area contributed by atoms with Gasteiger partial charge in [0.2, 0.25) is 0 Å². The molecule has 0 aliphatic rings. The van der Waals surface area contributed by atoms with Crippen molar-refractivity contribution in [3.05, 3.63) is 64.5 Å². The third-order valence-electron chi connectivity index (χ3n) is 3.40. The van der Waals surface area contributed by atoms with Gasteiger partial charge >= 0.3 is 6.36 Å². The van der Waals surface area contributed by atoms with Crippen molar-refractivity contribution >= 4 is 22.9 Å². The second-order valence-corrected chi connectivity index (χ2v) is 6.39. The van der Waals surface area contributed by atoms with Crippen molar-refractivity contribution in [3.63, 3.8) is 0 Å². The highest BCUT2D eigenvalue weighted by Crippen LogP contribution is 2.29. The summed E-state index contributed by atoms with van der Waals surface area (Å²) in [6.07, 6.45) is -4.82. The summed E-state index contributed by atoms with van der Waals surface area (Å²) in [4.78, 5) is 16.9. The maximum absolute atomic E-state index is 12.5. The minimum absolute atomic E-state index is 0.0519. The van der Waals surface area contributed by atoms with Crippen LogP contribution >= 0.6 is 11.3 Å². The molecule has 0 radical (unpaired) electrons. The highest BCUT2D eigenvalue weighted by Gasteiger charge is 2.31. The molecule has 0 aliphatic carbocycles. The normalized spacial score (nSPS) is 11.2. The van der Waals surface area contributed by atoms with Gasteiger partial charge in [0.1, 0.15) is 5.75 Å². The Balaban J connectivity index is 1.84.